The van der Waals surface area contributed by atoms with E-state index in [2.05, 4.69) is 10.3 Å². The zero-order chi connectivity index (χ0) is 19.7. The highest BCUT2D eigenvalue weighted by Gasteiger charge is 2.39. The summed E-state index contributed by atoms with van der Waals surface area (Å²) >= 11 is 5.73. The lowest BCUT2D eigenvalue weighted by Crippen LogP contribution is -2.32. The number of imidazole rings is 1. The molecule has 0 saturated heterocycles. The zero-order valence-electron chi connectivity index (χ0n) is 14.6. The summed E-state index contributed by atoms with van der Waals surface area (Å²) in [5.41, 5.74) is 0.695. The van der Waals surface area contributed by atoms with Crippen LogP contribution in [-0.4, -0.2) is 15.6 Å². The molecule has 0 saturated carbocycles. The molecule has 0 fully saturated rings. The van der Waals surface area contributed by atoms with Crippen molar-refractivity contribution in [1.82, 2.24) is 14.9 Å². The molecule has 144 valence electrons. The Balaban J connectivity index is 1.55. The quantitative estimate of drug-likeness (QED) is 0.693. The summed E-state index contributed by atoms with van der Waals surface area (Å²) in [7, 11) is 0. The molecule has 3 aromatic rings. The van der Waals surface area contributed by atoms with Crippen molar-refractivity contribution in [1.29, 1.82) is 0 Å². The Morgan fingerprint density at radius 3 is 2.68 bits per heavy atom. The van der Waals surface area contributed by atoms with Gasteiger partial charge in [-0.25, -0.2) is 18.6 Å². The van der Waals surface area contributed by atoms with E-state index in [1.807, 2.05) is 30.3 Å². The highest BCUT2D eigenvalue weighted by atomic mass is 35.5. The fraction of sp³-hybridized carbons (Fsp3) is 0.200. The molecule has 4 rings (SSSR count). The molecule has 2 heterocycles. The Bertz CT molecular complexity index is 987. The topological polar surface area (TPSA) is 56.2 Å². The number of carbonyl (C=O) groups is 1. The number of nitrogens with zero attached hydrogens (tertiary/aromatic N) is 2. The van der Waals surface area contributed by atoms with Gasteiger partial charge in [0.25, 0.3) is 0 Å². The van der Waals surface area contributed by atoms with Gasteiger partial charge in [0.05, 0.1) is 6.04 Å². The first-order valence-corrected chi connectivity index (χ1v) is 9.03. The molecular weight excluding hydrogens is 388 g/mol. The van der Waals surface area contributed by atoms with E-state index >= 15 is 0 Å². The van der Waals surface area contributed by atoms with Crippen LogP contribution in [0.2, 0.25) is 5.02 Å². The number of rotatable bonds is 4. The fourth-order valence-corrected chi connectivity index (χ4v) is 3.67. The van der Waals surface area contributed by atoms with E-state index in [-0.39, 0.29) is 23.7 Å². The average Bonchev–Trinajstić information content (AvgIpc) is 3.23. The second kappa shape index (κ2) is 7.59. The number of nitrogens with one attached hydrogen (secondary N) is 1. The minimum atomic E-state index is -0.759. The number of carbonyl (C=O) groups excluding carboxylic acids is 1. The van der Waals surface area contributed by atoms with Crippen molar-refractivity contribution >= 4 is 17.7 Å². The highest BCUT2D eigenvalue weighted by Crippen LogP contribution is 2.40. The number of halogens is 3. The van der Waals surface area contributed by atoms with Crippen molar-refractivity contribution in [3.8, 4) is 0 Å². The van der Waals surface area contributed by atoms with Crippen LogP contribution in [0.3, 0.4) is 0 Å². The van der Waals surface area contributed by atoms with E-state index in [4.69, 9.17) is 16.3 Å². The second-order valence-electron chi connectivity index (χ2n) is 6.51. The molecule has 28 heavy (non-hydrogen) atoms. The SMILES string of the molecule is O=C(N[C@@H]1c2nccn2C[C@H]1c1c(F)cc(Cl)cc1F)OCc1ccccc1. The predicted octanol–water partition coefficient (Wildman–Crippen LogP) is 4.58. The van der Waals surface area contributed by atoms with Crippen LogP contribution >= 0.6 is 11.6 Å². The van der Waals surface area contributed by atoms with Crippen LogP contribution < -0.4 is 5.32 Å². The highest BCUT2D eigenvalue weighted by molar-refractivity contribution is 6.30. The Morgan fingerprint density at radius 2 is 1.96 bits per heavy atom. The van der Waals surface area contributed by atoms with E-state index in [9.17, 15) is 13.6 Å². The first-order valence-electron chi connectivity index (χ1n) is 8.65. The van der Waals surface area contributed by atoms with Gasteiger partial charge in [-0.05, 0) is 17.7 Å². The van der Waals surface area contributed by atoms with Gasteiger partial charge in [-0.2, -0.15) is 0 Å². The third-order valence-electron chi connectivity index (χ3n) is 4.72. The van der Waals surface area contributed by atoms with Crippen molar-refractivity contribution in [3.05, 3.63) is 88.5 Å². The molecule has 1 aromatic heterocycles. The third kappa shape index (κ3) is 3.57. The zero-order valence-corrected chi connectivity index (χ0v) is 15.4. The van der Waals surface area contributed by atoms with Gasteiger partial charge in [0, 0.05) is 35.4 Å². The number of benzene rings is 2. The van der Waals surface area contributed by atoms with Gasteiger partial charge in [0.15, 0.2) is 0 Å². The smallest absolute Gasteiger partial charge is 0.408 e. The largest absolute Gasteiger partial charge is 0.445 e. The van der Waals surface area contributed by atoms with Crippen molar-refractivity contribution in [2.75, 3.05) is 0 Å². The third-order valence-corrected chi connectivity index (χ3v) is 4.94. The predicted molar refractivity (Wildman–Crippen MR) is 98.8 cm³/mol. The Hall–Kier alpha value is -2.93. The standard InChI is InChI=1S/C20H16ClF2N3O2/c21-13-8-15(22)17(16(23)9-13)14-10-26-7-6-24-19(26)18(14)25-20(27)28-11-12-4-2-1-3-5-12/h1-9,14,18H,10-11H2,(H,25,27)/t14-,18-/m0/s1. The van der Waals surface area contributed by atoms with Crippen molar-refractivity contribution in [2.45, 2.75) is 25.1 Å². The molecule has 0 radical (unpaired) electrons. The minimum Gasteiger partial charge on any atom is -0.445 e. The fourth-order valence-electron chi connectivity index (χ4n) is 3.47. The number of fused-ring (bicyclic) bond motifs is 1. The molecule has 0 unspecified atom stereocenters. The monoisotopic (exact) mass is 403 g/mol. The van der Waals surface area contributed by atoms with Crippen LogP contribution in [0.1, 0.15) is 28.9 Å². The van der Waals surface area contributed by atoms with E-state index in [0.29, 0.717) is 5.82 Å². The van der Waals surface area contributed by atoms with Gasteiger partial charge in [0.1, 0.15) is 24.1 Å². The maximum Gasteiger partial charge on any atom is 0.408 e. The normalized spacial score (nSPS) is 18.0. The van der Waals surface area contributed by atoms with Gasteiger partial charge < -0.3 is 14.6 Å². The molecule has 0 bridgehead atoms. The molecule has 1 aliphatic heterocycles. The number of ether oxygens (including phenoxy) is 1. The summed E-state index contributed by atoms with van der Waals surface area (Å²) in [6.45, 7) is 0.358. The van der Waals surface area contributed by atoms with Crippen LogP contribution in [-0.2, 0) is 17.9 Å². The number of hydrogen-bond donors (Lipinski definition) is 1. The van der Waals surface area contributed by atoms with Crippen molar-refractivity contribution in [2.24, 2.45) is 0 Å². The van der Waals surface area contributed by atoms with E-state index in [1.165, 1.54) is 0 Å². The lowest BCUT2D eigenvalue weighted by Gasteiger charge is -2.21. The van der Waals surface area contributed by atoms with Crippen molar-refractivity contribution < 1.29 is 18.3 Å². The molecule has 2 aromatic carbocycles. The second-order valence-corrected chi connectivity index (χ2v) is 6.95. The molecule has 1 N–H and O–H groups in total. The van der Waals surface area contributed by atoms with Crippen LogP contribution in [0.5, 0.6) is 0 Å². The number of aromatic nitrogens is 2. The number of hydrogen-bond acceptors (Lipinski definition) is 3. The lowest BCUT2D eigenvalue weighted by molar-refractivity contribution is 0.134. The van der Waals surface area contributed by atoms with Crippen LogP contribution in [0.25, 0.3) is 0 Å². The van der Waals surface area contributed by atoms with Gasteiger partial charge >= 0.3 is 6.09 Å². The first kappa shape index (κ1) is 18.4. The number of amides is 1. The molecule has 2 atom stereocenters. The Kier molecular flexibility index (Phi) is 5.00. The van der Waals surface area contributed by atoms with Gasteiger partial charge in [0.2, 0.25) is 0 Å². The summed E-state index contributed by atoms with van der Waals surface area (Å²) < 4.78 is 35.9. The van der Waals surface area contributed by atoms with Crippen LogP contribution in [0, 0.1) is 11.6 Å². The van der Waals surface area contributed by atoms with E-state index < -0.39 is 29.7 Å². The van der Waals surface area contributed by atoms with Gasteiger partial charge in [-0.1, -0.05) is 41.9 Å². The molecule has 0 aliphatic carbocycles. The van der Waals surface area contributed by atoms with Crippen molar-refractivity contribution in [3.63, 3.8) is 0 Å². The molecule has 5 nitrogen and oxygen atoms in total. The molecule has 1 amide bonds. The van der Waals surface area contributed by atoms with E-state index in [0.717, 1.165) is 17.7 Å². The number of alkyl carbamates (subject to hydrolysis) is 1. The summed E-state index contributed by atoms with van der Waals surface area (Å²) in [6, 6.07) is 10.6. The lowest BCUT2D eigenvalue weighted by atomic mass is 9.92. The molecule has 1 aliphatic rings. The van der Waals surface area contributed by atoms with Gasteiger partial charge in [-0.3, -0.25) is 0 Å². The first-order chi connectivity index (χ1) is 13.5. The summed E-state index contributed by atoms with van der Waals surface area (Å²) in [5.74, 6) is -1.68. The van der Waals surface area contributed by atoms with Crippen LogP contribution in [0.15, 0.2) is 54.9 Å². The van der Waals surface area contributed by atoms with Crippen LogP contribution in [0.4, 0.5) is 13.6 Å². The minimum absolute atomic E-state index is 0.0266. The van der Waals surface area contributed by atoms with E-state index in [1.54, 1.807) is 17.0 Å². The average molecular weight is 404 g/mol. The Morgan fingerprint density at radius 1 is 1.25 bits per heavy atom. The van der Waals surface area contributed by atoms with Gasteiger partial charge in [-0.15, -0.1) is 0 Å². The maximum atomic E-state index is 14.5. The summed E-state index contributed by atoms with van der Waals surface area (Å²) in [6.07, 6.45) is 2.58. The Labute approximate surface area is 164 Å². The molecular formula is C20H16ClF2N3O2. The summed E-state index contributed by atoms with van der Waals surface area (Å²) in [5, 5.41) is 2.67. The molecule has 0 spiro atoms. The molecule has 8 heteroatoms. The summed E-state index contributed by atoms with van der Waals surface area (Å²) in [4.78, 5) is 16.5. The maximum absolute atomic E-state index is 14.5.